The summed E-state index contributed by atoms with van der Waals surface area (Å²) in [5.74, 6) is 2.82. The second-order valence-electron chi connectivity index (χ2n) is 5.39. The Balaban J connectivity index is 1.74. The Bertz CT molecular complexity index is 897. The first-order valence-corrected chi connectivity index (χ1v) is 10.5. The van der Waals surface area contributed by atoms with Crippen molar-refractivity contribution in [1.82, 2.24) is 19.9 Å². The summed E-state index contributed by atoms with van der Waals surface area (Å²) in [6.07, 6.45) is 0. The molecule has 0 aromatic carbocycles. The van der Waals surface area contributed by atoms with E-state index >= 15 is 0 Å². The molecule has 0 aliphatic heterocycles. The summed E-state index contributed by atoms with van der Waals surface area (Å²) in [7, 11) is 0. The molecule has 3 aromatic heterocycles. The smallest absolute Gasteiger partial charge is 0.180 e. The second kappa shape index (κ2) is 7.76. The predicted molar refractivity (Wildman–Crippen MR) is 101 cm³/mol. The van der Waals surface area contributed by atoms with Gasteiger partial charge in [-0.1, -0.05) is 46.9 Å². The van der Waals surface area contributed by atoms with Crippen molar-refractivity contribution in [2.75, 3.05) is 11.5 Å². The van der Waals surface area contributed by atoms with Gasteiger partial charge >= 0.3 is 0 Å². The molecule has 0 unspecified atom stereocenters. The van der Waals surface area contributed by atoms with Gasteiger partial charge in [0.05, 0.1) is 5.75 Å². The molecular weight excluding hydrogens is 376 g/mol. The van der Waals surface area contributed by atoms with E-state index in [1.54, 1.807) is 11.8 Å². The molecule has 0 saturated carbocycles. The fourth-order valence-electron chi connectivity index (χ4n) is 2.50. The second-order valence-corrected chi connectivity index (χ2v) is 9.11. The number of aryl methyl sites for hydroxylation is 2. The van der Waals surface area contributed by atoms with Gasteiger partial charge in [0.1, 0.15) is 5.76 Å². The summed E-state index contributed by atoms with van der Waals surface area (Å²) in [6, 6.07) is 3.76. The lowest BCUT2D eigenvalue weighted by Crippen LogP contribution is -2.05. The Morgan fingerprint density at radius 2 is 1.92 bits per heavy atom. The van der Waals surface area contributed by atoms with Crippen molar-refractivity contribution in [3.05, 3.63) is 34.8 Å². The van der Waals surface area contributed by atoms with E-state index in [9.17, 15) is 4.79 Å². The highest BCUT2D eigenvalue weighted by Gasteiger charge is 2.19. The number of hydrogen-bond donors (Lipinski definition) is 0. The maximum atomic E-state index is 12.6. The Labute approximate surface area is 158 Å². The zero-order valence-electron chi connectivity index (χ0n) is 14.4. The molecule has 132 valence electrons. The van der Waals surface area contributed by atoms with Crippen LogP contribution in [0.3, 0.4) is 0 Å². The monoisotopic (exact) mass is 394 g/mol. The number of thioether (sulfide) groups is 2. The van der Waals surface area contributed by atoms with E-state index in [0.717, 1.165) is 31.6 Å². The van der Waals surface area contributed by atoms with Crippen LogP contribution in [0, 0.1) is 20.8 Å². The average molecular weight is 395 g/mol. The number of nitrogens with zero attached hydrogens (tertiary/aromatic N) is 4. The third kappa shape index (κ3) is 3.99. The van der Waals surface area contributed by atoms with E-state index in [1.807, 2.05) is 37.5 Å². The van der Waals surface area contributed by atoms with Gasteiger partial charge < -0.3 is 4.52 Å². The zero-order chi connectivity index (χ0) is 18.0. The number of hydrogen-bond acceptors (Lipinski definition) is 8. The van der Waals surface area contributed by atoms with Crippen LogP contribution in [0.2, 0.25) is 0 Å². The summed E-state index contributed by atoms with van der Waals surface area (Å²) in [4.78, 5) is 12.6. The predicted octanol–water partition coefficient (Wildman–Crippen LogP) is 4.33. The molecule has 0 bridgehead atoms. The molecule has 3 aromatic rings. The van der Waals surface area contributed by atoms with Gasteiger partial charge in [-0.05, 0) is 32.6 Å². The van der Waals surface area contributed by atoms with E-state index in [-0.39, 0.29) is 5.78 Å². The number of Topliss-reactive ketones (excluding diaryl/α,β-unsaturated/α-hetero) is 1. The zero-order valence-corrected chi connectivity index (χ0v) is 16.8. The van der Waals surface area contributed by atoms with Crippen LogP contribution in [0.25, 0.3) is 5.82 Å². The quantitative estimate of drug-likeness (QED) is 0.436. The van der Waals surface area contributed by atoms with Crippen molar-refractivity contribution >= 4 is 40.6 Å². The van der Waals surface area contributed by atoms with E-state index < -0.39 is 0 Å². The fraction of sp³-hybridized carbons (Fsp3) is 0.375. The van der Waals surface area contributed by atoms with Gasteiger partial charge in [-0.2, -0.15) is 0 Å². The van der Waals surface area contributed by atoms with Crippen molar-refractivity contribution in [2.24, 2.45) is 0 Å². The summed E-state index contributed by atoms with van der Waals surface area (Å²) in [5.41, 5.74) is 2.53. The molecule has 0 fully saturated rings. The Morgan fingerprint density at radius 3 is 2.56 bits per heavy atom. The summed E-state index contributed by atoms with van der Waals surface area (Å²) in [6.45, 7) is 7.81. The first-order chi connectivity index (χ1) is 12.0. The normalized spacial score (nSPS) is 11.2. The van der Waals surface area contributed by atoms with Crippen LogP contribution in [0.4, 0.5) is 0 Å². The van der Waals surface area contributed by atoms with Gasteiger partial charge in [-0.15, -0.1) is 10.2 Å². The molecule has 0 radical (unpaired) electrons. The van der Waals surface area contributed by atoms with Crippen LogP contribution in [0.1, 0.15) is 34.4 Å². The van der Waals surface area contributed by atoms with Crippen molar-refractivity contribution in [3.8, 4) is 5.82 Å². The number of ketones is 1. The lowest BCUT2D eigenvalue weighted by molar-refractivity contribution is 0.102. The van der Waals surface area contributed by atoms with Gasteiger partial charge in [-0.3, -0.25) is 9.36 Å². The van der Waals surface area contributed by atoms with Crippen LogP contribution >= 0.6 is 34.9 Å². The van der Waals surface area contributed by atoms with E-state index in [0.29, 0.717) is 17.1 Å². The van der Waals surface area contributed by atoms with Crippen LogP contribution in [0.15, 0.2) is 25.3 Å². The van der Waals surface area contributed by atoms with Gasteiger partial charge in [0.25, 0.3) is 0 Å². The third-order valence-corrected chi connectivity index (χ3v) is 6.63. The van der Waals surface area contributed by atoms with E-state index in [2.05, 4.69) is 22.3 Å². The molecule has 0 spiro atoms. The molecule has 0 aliphatic rings. The Hall–Kier alpha value is -1.58. The molecule has 0 atom stereocenters. The summed E-state index contributed by atoms with van der Waals surface area (Å²) >= 11 is 4.62. The van der Waals surface area contributed by atoms with Crippen molar-refractivity contribution in [3.63, 3.8) is 0 Å². The molecule has 9 heteroatoms. The van der Waals surface area contributed by atoms with Crippen molar-refractivity contribution < 1.29 is 9.32 Å². The van der Waals surface area contributed by atoms with Crippen LogP contribution in [-0.4, -0.2) is 37.2 Å². The minimum atomic E-state index is 0.0736. The summed E-state index contributed by atoms with van der Waals surface area (Å²) < 4.78 is 8.86. The van der Waals surface area contributed by atoms with Crippen LogP contribution in [-0.2, 0) is 0 Å². The molecular formula is C16H18N4O2S3. The van der Waals surface area contributed by atoms with Crippen LogP contribution in [0.5, 0.6) is 0 Å². The molecule has 3 heterocycles. The Morgan fingerprint density at radius 1 is 1.20 bits per heavy atom. The standard InChI is InChI=1S/C16H18N4O2S3/c1-5-23-15-17-18-16(25-15)24-8-13(21)12-6-9(2)20(11(12)4)14-7-10(3)22-19-14/h6-7H,5,8H2,1-4H3. The SMILES string of the molecule is CCSc1nnc(SCC(=O)c2cc(C)n(-c3cc(C)on3)c2C)s1. The lowest BCUT2D eigenvalue weighted by Gasteiger charge is -2.04. The van der Waals surface area contributed by atoms with Gasteiger partial charge in [0, 0.05) is 23.0 Å². The molecule has 0 saturated heterocycles. The number of carbonyl (C=O) groups excluding carboxylic acids is 1. The maximum absolute atomic E-state index is 12.6. The van der Waals surface area contributed by atoms with Gasteiger partial charge in [0.2, 0.25) is 0 Å². The molecule has 3 rings (SSSR count). The molecule has 0 N–H and O–H groups in total. The fourth-order valence-corrected chi connectivity index (χ4v) is 5.30. The topological polar surface area (TPSA) is 73.8 Å². The summed E-state index contributed by atoms with van der Waals surface area (Å²) in [5, 5.41) is 12.3. The largest absolute Gasteiger partial charge is 0.360 e. The first-order valence-electron chi connectivity index (χ1n) is 7.74. The first kappa shape index (κ1) is 18.2. The third-order valence-electron chi connectivity index (χ3n) is 3.56. The highest BCUT2D eigenvalue weighted by molar-refractivity contribution is 8.03. The number of carbonyl (C=O) groups is 1. The average Bonchev–Trinajstić information content (AvgIpc) is 3.26. The van der Waals surface area contributed by atoms with E-state index in [1.165, 1.54) is 23.1 Å². The molecule has 25 heavy (non-hydrogen) atoms. The molecule has 6 nitrogen and oxygen atoms in total. The van der Waals surface area contributed by atoms with Gasteiger partial charge in [-0.25, -0.2) is 0 Å². The minimum Gasteiger partial charge on any atom is -0.360 e. The van der Waals surface area contributed by atoms with Crippen molar-refractivity contribution in [2.45, 2.75) is 36.4 Å². The van der Waals surface area contributed by atoms with E-state index in [4.69, 9.17) is 4.52 Å². The van der Waals surface area contributed by atoms with Gasteiger partial charge in [0.15, 0.2) is 20.3 Å². The minimum absolute atomic E-state index is 0.0736. The highest BCUT2D eigenvalue weighted by atomic mass is 32.2. The highest BCUT2D eigenvalue weighted by Crippen LogP contribution is 2.29. The molecule has 0 aliphatic carbocycles. The Kier molecular flexibility index (Phi) is 5.65. The number of aromatic nitrogens is 4. The maximum Gasteiger partial charge on any atom is 0.180 e. The number of rotatable bonds is 7. The molecule has 0 amide bonds. The van der Waals surface area contributed by atoms with Crippen LogP contribution < -0.4 is 0 Å². The lowest BCUT2D eigenvalue weighted by atomic mass is 10.2. The van der Waals surface area contributed by atoms with Crippen molar-refractivity contribution in [1.29, 1.82) is 0 Å².